The Hall–Kier alpha value is -3.06. The van der Waals surface area contributed by atoms with Gasteiger partial charge in [0.1, 0.15) is 17.0 Å². The van der Waals surface area contributed by atoms with Gasteiger partial charge in [-0.2, -0.15) is 0 Å². The van der Waals surface area contributed by atoms with Crippen LogP contribution in [0.5, 0.6) is 5.75 Å². The van der Waals surface area contributed by atoms with E-state index in [-0.39, 0.29) is 6.67 Å². The highest BCUT2D eigenvalue weighted by Gasteiger charge is 2.13. The summed E-state index contributed by atoms with van der Waals surface area (Å²) in [7, 11) is 1.64. The molecule has 1 aromatic carbocycles. The molecule has 0 amide bonds. The van der Waals surface area contributed by atoms with E-state index >= 15 is 0 Å². The van der Waals surface area contributed by atoms with Crippen LogP contribution in [0.3, 0.4) is 0 Å². The number of ether oxygens (including phenoxy) is 1. The van der Waals surface area contributed by atoms with Gasteiger partial charge < -0.3 is 4.74 Å². The largest absolute Gasteiger partial charge is 0.494 e. The van der Waals surface area contributed by atoms with Gasteiger partial charge in [0.25, 0.3) is 0 Å². The van der Waals surface area contributed by atoms with Crippen molar-refractivity contribution >= 4 is 16.6 Å². The van der Waals surface area contributed by atoms with Crippen LogP contribution in [-0.4, -0.2) is 51.4 Å². The first kappa shape index (κ1) is 19.3. The molecule has 150 valence electrons. The molecule has 7 heteroatoms. The zero-order chi connectivity index (χ0) is 20.2. The molecule has 0 aliphatic carbocycles. The molecule has 0 aliphatic heterocycles. The Labute approximate surface area is 169 Å². The van der Waals surface area contributed by atoms with E-state index in [2.05, 4.69) is 22.0 Å². The van der Waals surface area contributed by atoms with Gasteiger partial charge in [-0.1, -0.05) is 31.2 Å². The quantitative estimate of drug-likeness (QED) is 0.450. The Morgan fingerprint density at radius 2 is 2.00 bits per heavy atom. The number of halogens is 1. The van der Waals surface area contributed by atoms with E-state index in [4.69, 9.17) is 9.72 Å². The van der Waals surface area contributed by atoms with Gasteiger partial charge >= 0.3 is 0 Å². The minimum atomic E-state index is -0.289. The number of hydrogen-bond donors (Lipinski definition) is 0. The van der Waals surface area contributed by atoms with Crippen LogP contribution < -0.4 is 4.74 Å². The number of rotatable bonds is 8. The van der Waals surface area contributed by atoms with Crippen LogP contribution >= 0.6 is 0 Å². The second-order valence-corrected chi connectivity index (χ2v) is 6.93. The number of aromatic nitrogens is 4. The molecule has 0 aliphatic rings. The fraction of sp³-hybridized carbons (Fsp3) is 0.318. The molecule has 0 unspecified atom stereocenters. The van der Waals surface area contributed by atoms with Crippen LogP contribution in [-0.2, 0) is 6.54 Å². The summed E-state index contributed by atoms with van der Waals surface area (Å²) >= 11 is 0. The van der Waals surface area contributed by atoms with E-state index in [1.54, 1.807) is 7.11 Å². The summed E-state index contributed by atoms with van der Waals surface area (Å²) in [5, 5.41) is 9.66. The van der Waals surface area contributed by atoms with Crippen molar-refractivity contribution in [1.29, 1.82) is 0 Å². The molecule has 0 spiro atoms. The number of pyridine rings is 2. The molecule has 0 saturated heterocycles. The number of fused-ring (bicyclic) bond motifs is 2. The molecule has 29 heavy (non-hydrogen) atoms. The molecular formula is C22H24FN5O. The van der Waals surface area contributed by atoms with E-state index in [0.29, 0.717) is 12.2 Å². The number of alkyl halides is 1. The van der Waals surface area contributed by atoms with Crippen molar-refractivity contribution in [2.75, 3.05) is 26.9 Å². The summed E-state index contributed by atoms with van der Waals surface area (Å²) in [5.74, 6) is 1.41. The third-order valence-corrected chi connectivity index (χ3v) is 5.06. The van der Waals surface area contributed by atoms with Crippen LogP contribution in [0.4, 0.5) is 4.39 Å². The van der Waals surface area contributed by atoms with E-state index in [1.807, 2.05) is 53.1 Å². The number of para-hydroxylation sites is 1. The lowest BCUT2D eigenvalue weighted by Gasteiger charge is -2.19. The van der Waals surface area contributed by atoms with Gasteiger partial charge in [-0.05, 0) is 36.7 Å². The second-order valence-electron chi connectivity index (χ2n) is 6.93. The first-order chi connectivity index (χ1) is 14.2. The Morgan fingerprint density at radius 3 is 2.79 bits per heavy atom. The molecule has 6 nitrogen and oxygen atoms in total. The summed E-state index contributed by atoms with van der Waals surface area (Å²) in [5.41, 5.74) is 3.41. The second kappa shape index (κ2) is 8.53. The maximum Gasteiger partial charge on any atom is 0.187 e. The van der Waals surface area contributed by atoms with Crippen molar-refractivity contribution < 1.29 is 9.13 Å². The van der Waals surface area contributed by atoms with E-state index in [1.165, 1.54) is 0 Å². The summed E-state index contributed by atoms with van der Waals surface area (Å²) in [6.07, 6.45) is 2.59. The molecule has 0 fully saturated rings. The third kappa shape index (κ3) is 3.91. The number of hydrogen-bond acceptors (Lipinski definition) is 5. The van der Waals surface area contributed by atoms with E-state index in [0.717, 1.165) is 53.2 Å². The molecule has 4 rings (SSSR count). The van der Waals surface area contributed by atoms with Crippen LogP contribution in [0.2, 0.25) is 0 Å². The molecule has 3 heterocycles. The van der Waals surface area contributed by atoms with Gasteiger partial charge in [0.15, 0.2) is 11.5 Å². The van der Waals surface area contributed by atoms with Gasteiger partial charge in [0, 0.05) is 24.7 Å². The van der Waals surface area contributed by atoms with Crippen molar-refractivity contribution in [3.8, 4) is 17.3 Å². The van der Waals surface area contributed by atoms with E-state index < -0.39 is 0 Å². The lowest BCUT2D eigenvalue weighted by Crippen LogP contribution is -2.24. The topological polar surface area (TPSA) is 55.5 Å². The maximum absolute atomic E-state index is 12.5. The minimum Gasteiger partial charge on any atom is -0.494 e. The van der Waals surface area contributed by atoms with Crippen molar-refractivity contribution in [2.45, 2.75) is 19.9 Å². The predicted octanol–water partition coefficient (Wildman–Crippen LogP) is 4.13. The zero-order valence-corrected chi connectivity index (χ0v) is 16.7. The van der Waals surface area contributed by atoms with Crippen molar-refractivity contribution in [2.24, 2.45) is 0 Å². The smallest absolute Gasteiger partial charge is 0.187 e. The monoisotopic (exact) mass is 393 g/mol. The number of nitrogens with zero attached hydrogens (tertiary/aromatic N) is 5. The highest BCUT2D eigenvalue weighted by Crippen LogP contribution is 2.27. The van der Waals surface area contributed by atoms with Gasteiger partial charge in [0.2, 0.25) is 0 Å². The average Bonchev–Trinajstić information content (AvgIpc) is 3.19. The Kier molecular flexibility index (Phi) is 5.67. The zero-order valence-electron chi connectivity index (χ0n) is 16.7. The molecule has 0 atom stereocenters. The van der Waals surface area contributed by atoms with Crippen LogP contribution in [0, 0.1) is 0 Å². The maximum atomic E-state index is 12.5. The Morgan fingerprint density at radius 1 is 1.10 bits per heavy atom. The van der Waals surface area contributed by atoms with Crippen LogP contribution in [0.15, 0.2) is 48.7 Å². The Balaban J connectivity index is 1.72. The van der Waals surface area contributed by atoms with Crippen molar-refractivity contribution in [3.63, 3.8) is 0 Å². The fourth-order valence-electron chi connectivity index (χ4n) is 3.50. The molecule has 3 aromatic heterocycles. The Bertz CT molecular complexity index is 1130. The molecular weight excluding hydrogens is 369 g/mol. The highest BCUT2D eigenvalue weighted by atomic mass is 19.1. The third-order valence-electron chi connectivity index (χ3n) is 5.06. The van der Waals surface area contributed by atoms with Gasteiger partial charge in [-0.15, -0.1) is 10.2 Å². The number of methoxy groups -OCH3 is 1. The molecule has 0 saturated carbocycles. The summed E-state index contributed by atoms with van der Waals surface area (Å²) in [4.78, 5) is 7.01. The highest BCUT2D eigenvalue weighted by molar-refractivity contribution is 5.86. The summed E-state index contributed by atoms with van der Waals surface area (Å²) in [6.45, 7) is 4.17. The van der Waals surface area contributed by atoms with E-state index in [9.17, 15) is 4.39 Å². The SMILES string of the molecule is CCN(CCCF)Cc1ccc2nnc(-c3ccc4cccc(OC)c4n3)n2c1. The predicted molar refractivity (Wildman–Crippen MR) is 112 cm³/mol. The first-order valence-electron chi connectivity index (χ1n) is 9.79. The van der Waals surface area contributed by atoms with Crippen LogP contribution in [0.1, 0.15) is 18.9 Å². The van der Waals surface area contributed by atoms with Crippen molar-refractivity contribution in [3.05, 3.63) is 54.2 Å². The first-order valence-corrected chi connectivity index (χ1v) is 9.79. The molecule has 0 N–H and O–H groups in total. The molecule has 4 aromatic rings. The molecule has 0 bridgehead atoms. The average molecular weight is 393 g/mol. The van der Waals surface area contributed by atoms with Gasteiger partial charge in [-0.3, -0.25) is 13.7 Å². The molecule has 0 radical (unpaired) electrons. The fourth-order valence-corrected chi connectivity index (χ4v) is 3.50. The number of benzene rings is 1. The van der Waals surface area contributed by atoms with Gasteiger partial charge in [-0.25, -0.2) is 4.98 Å². The van der Waals surface area contributed by atoms with Crippen molar-refractivity contribution in [1.82, 2.24) is 24.5 Å². The van der Waals surface area contributed by atoms with Crippen LogP contribution in [0.25, 0.3) is 28.1 Å². The normalized spacial score (nSPS) is 11.6. The lowest BCUT2D eigenvalue weighted by molar-refractivity contribution is 0.263. The minimum absolute atomic E-state index is 0.289. The lowest BCUT2D eigenvalue weighted by atomic mass is 10.2. The van der Waals surface area contributed by atoms with Gasteiger partial charge in [0.05, 0.1) is 13.8 Å². The summed E-state index contributed by atoms with van der Waals surface area (Å²) in [6, 6.07) is 13.8. The standard InChI is InChI=1S/C22H24FN5O/c1-3-27(13-5-12-23)14-16-8-11-20-25-26-22(28(20)15-16)18-10-9-17-6-4-7-19(29-2)21(17)24-18/h4,6-11,15H,3,5,12-14H2,1-2H3. The summed E-state index contributed by atoms with van der Waals surface area (Å²) < 4.78 is 20.0.